The lowest BCUT2D eigenvalue weighted by Crippen LogP contribution is -2.14. The van der Waals surface area contributed by atoms with Gasteiger partial charge in [0, 0.05) is 5.92 Å². The molecule has 2 heteroatoms. The van der Waals surface area contributed by atoms with Gasteiger partial charge in [-0.1, -0.05) is 54.6 Å². The third kappa shape index (κ3) is 2.40. The van der Waals surface area contributed by atoms with Crippen LogP contribution in [0.3, 0.4) is 0 Å². The summed E-state index contributed by atoms with van der Waals surface area (Å²) < 4.78 is 5.20. The summed E-state index contributed by atoms with van der Waals surface area (Å²) in [5.41, 5.74) is 1.04. The van der Waals surface area contributed by atoms with Gasteiger partial charge in [0.2, 0.25) is 0 Å². The topological polar surface area (TPSA) is 26.3 Å². The van der Waals surface area contributed by atoms with Gasteiger partial charge in [-0.2, -0.15) is 0 Å². The van der Waals surface area contributed by atoms with Crippen LogP contribution >= 0.6 is 0 Å². The molecule has 0 saturated carbocycles. The standard InChI is InChI=1S/C14H14O2/c15-11-16-14(12-7-3-1-4-8-12)13-9-5-2-6-10-13/h1-9,11,13-14H,10H2. The van der Waals surface area contributed by atoms with E-state index >= 15 is 0 Å². The second kappa shape index (κ2) is 5.31. The highest BCUT2D eigenvalue weighted by Gasteiger charge is 2.22. The average molecular weight is 214 g/mol. The molecule has 0 fully saturated rings. The quantitative estimate of drug-likeness (QED) is 0.720. The second-order valence-electron chi connectivity index (χ2n) is 3.78. The van der Waals surface area contributed by atoms with E-state index in [1.54, 1.807) is 0 Å². The van der Waals surface area contributed by atoms with Crippen molar-refractivity contribution in [1.29, 1.82) is 0 Å². The molecule has 0 aromatic heterocycles. The molecule has 2 nitrogen and oxygen atoms in total. The Hall–Kier alpha value is -1.83. The van der Waals surface area contributed by atoms with Crippen molar-refractivity contribution in [2.45, 2.75) is 12.5 Å². The van der Waals surface area contributed by atoms with E-state index in [-0.39, 0.29) is 12.0 Å². The normalized spacial score (nSPS) is 20.4. The van der Waals surface area contributed by atoms with Crippen LogP contribution in [-0.4, -0.2) is 6.47 Å². The van der Waals surface area contributed by atoms with Gasteiger partial charge in [-0.15, -0.1) is 0 Å². The monoisotopic (exact) mass is 214 g/mol. The summed E-state index contributed by atoms with van der Waals surface area (Å²) >= 11 is 0. The first-order chi connectivity index (χ1) is 7.92. The molecule has 82 valence electrons. The smallest absolute Gasteiger partial charge is 0.293 e. The summed E-state index contributed by atoms with van der Waals surface area (Å²) in [6.07, 6.45) is 8.91. The number of carbonyl (C=O) groups is 1. The van der Waals surface area contributed by atoms with Crippen LogP contribution in [0.5, 0.6) is 0 Å². The zero-order valence-corrected chi connectivity index (χ0v) is 8.95. The summed E-state index contributed by atoms with van der Waals surface area (Å²) in [5, 5.41) is 0. The number of benzene rings is 1. The van der Waals surface area contributed by atoms with Crippen LogP contribution in [0.25, 0.3) is 0 Å². The van der Waals surface area contributed by atoms with Gasteiger partial charge >= 0.3 is 0 Å². The predicted octanol–water partition coefficient (Wildman–Crippen LogP) is 3.03. The lowest BCUT2D eigenvalue weighted by atomic mass is 9.90. The molecule has 0 amide bonds. The number of allylic oxidation sites excluding steroid dienone is 3. The van der Waals surface area contributed by atoms with Crippen molar-refractivity contribution in [2.75, 3.05) is 0 Å². The fourth-order valence-electron chi connectivity index (χ4n) is 1.95. The summed E-state index contributed by atoms with van der Waals surface area (Å²) in [6, 6.07) is 9.84. The average Bonchev–Trinajstić information content (AvgIpc) is 2.38. The lowest BCUT2D eigenvalue weighted by Gasteiger charge is -2.23. The lowest BCUT2D eigenvalue weighted by molar-refractivity contribution is -0.135. The summed E-state index contributed by atoms with van der Waals surface area (Å²) in [5.74, 6) is 0.234. The second-order valence-corrected chi connectivity index (χ2v) is 3.78. The van der Waals surface area contributed by atoms with E-state index in [1.165, 1.54) is 0 Å². The minimum Gasteiger partial charge on any atom is -0.459 e. The highest BCUT2D eigenvalue weighted by atomic mass is 16.5. The molecule has 0 saturated heterocycles. The number of rotatable bonds is 4. The maximum absolute atomic E-state index is 10.6. The number of ether oxygens (including phenoxy) is 1. The molecule has 1 aliphatic carbocycles. The Morgan fingerprint density at radius 2 is 2.06 bits per heavy atom. The molecule has 0 spiro atoms. The van der Waals surface area contributed by atoms with Crippen LogP contribution in [0.2, 0.25) is 0 Å². The van der Waals surface area contributed by atoms with Gasteiger partial charge in [-0.3, -0.25) is 4.79 Å². The minimum atomic E-state index is -0.181. The molecule has 0 radical (unpaired) electrons. The van der Waals surface area contributed by atoms with Crippen LogP contribution in [-0.2, 0) is 9.53 Å². The van der Waals surface area contributed by atoms with E-state index in [4.69, 9.17) is 4.74 Å². The Balaban J connectivity index is 2.20. The molecule has 2 rings (SSSR count). The fourth-order valence-corrected chi connectivity index (χ4v) is 1.95. The summed E-state index contributed by atoms with van der Waals surface area (Å²) in [4.78, 5) is 10.6. The van der Waals surface area contributed by atoms with Gasteiger partial charge in [0.1, 0.15) is 6.10 Å². The number of hydrogen-bond acceptors (Lipinski definition) is 2. The molecule has 1 aromatic rings. The Bertz CT molecular complexity index is 392. The van der Waals surface area contributed by atoms with Gasteiger partial charge in [0.25, 0.3) is 6.47 Å². The zero-order chi connectivity index (χ0) is 11.2. The van der Waals surface area contributed by atoms with Crippen molar-refractivity contribution in [3.8, 4) is 0 Å². The summed E-state index contributed by atoms with van der Waals surface area (Å²) in [7, 11) is 0. The van der Waals surface area contributed by atoms with E-state index in [2.05, 4.69) is 12.2 Å². The zero-order valence-electron chi connectivity index (χ0n) is 8.95. The summed E-state index contributed by atoms with van der Waals surface area (Å²) in [6.45, 7) is 0.532. The Labute approximate surface area is 95.2 Å². The SMILES string of the molecule is O=COC(c1ccccc1)C1C=CC=CC1. The predicted molar refractivity (Wildman–Crippen MR) is 62.7 cm³/mol. The van der Waals surface area contributed by atoms with Crippen molar-refractivity contribution in [3.63, 3.8) is 0 Å². The first-order valence-corrected chi connectivity index (χ1v) is 5.39. The molecule has 1 aromatic carbocycles. The van der Waals surface area contributed by atoms with E-state index in [0.29, 0.717) is 6.47 Å². The molecule has 0 bridgehead atoms. The van der Waals surface area contributed by atoms with Crippen molar-refractivity contribution >= 4 is 6.47 Å². The molecule has 2 unspecified atom stereocenters. The van der Waals surface area contributed by atoms with E-state index in [1.807, 2.05) is 42.5 Å². The van der Waals surface area contributed by atoms with Gasteiger partial charge in [-0.25, -0.2) is 0 Å². The Morgan fingerprint density at radius 3 is 2.69 bits per heavy atom. The van der Waals surface area contributed by atoms with Crippen molar-refractivity contribution < 1.29 is 9.53 Å². The molecular weight excluding hydrogens is 200 g/mol. The molecule has 2 atom stereocenters. The van der Waals surface area contributed by atoms with E-state index in [9.17, 15) is 4.79 Å². The van der Waals surface area contributed by atoms with E-state index < -0.39 is 0 Å². The largest absolute Gasteiger partial charge is 0.459 e. The van der Waals surface area contributed by atoms with Crippen LogP contribution in [0.1, 0.15) is 18.1 Å². The Kier molecular flexibility index (Phi) is 3.54. The van der Waals surface area contributed by atoms with Gasteiger partial charge in [0.05, 0.1) is 0 Å². The van der Waals surface area contributed by atoms with E-state index in [0.717, 1.165) is 12.0 Å². The first kappa shape index (κ1) is 10.7. The minimum absolute atomic E-state index is 0.181. The maximum atomic E-state index is 10.6. The molecule has 0 N–H and O–H groups in total. The van der Waals surface area contributed by atoms with Crippen LogP contribution in [0, 0.1) is 5.92 Å². The van der Waals surface area contributed by atoms with Crippen molar-refractivity contribution in [1.82, 2.24) is 0 Å². The first-order valence-electron chi connectivity index (χ1n) is 5.39. The molecule has 1 aliphatic rings. The van der Waals surface area contributed by atoms with Crippen LogP contribution in [0.15, 0.2) is 54.6 Å². The van der Waals surface area contributed by atoms with Crippen molar-refractivity contribution in [3.05, 3.63) is 60.2 Å². The molecular formula is C14H14O2. The van der Waals surface area contributed by atoms with Crippen LogP contribution < -0.4 is 0 Å². The van der Waals surface area contributed by atoms with Gasteiger partial charge < -0.3 is 4.74 Å². The molecule has 16 heavy (non-hydrogen) atoms. The maximum Gasteiger partial charge on any atom is 0.293 e. The van der Waals surface area contributed by atoms with Crippen molar-refractivity contribution in [2.24, 2.45) is 5.92 Å². The number of hydrogen-bond donors (Lipinski definition) is 0. The van der Waals surface area contributed by atoms with Gasteiger partial charge in [0.15, 0.2) is 0 Å². The third-order valence-corrected chi connectivity index (χ3v) is 2.73. The Morgan fingerprint density at radius 1 is 1.25 bits per heavy atom. The third-order valence-electron chi connectivity index (χ3n) is 2.73. The van der Waals surface area contributed by atoms with Gasteiger partial charge in [-0.05, 0) is 12.0 Å². The highest BCUT2D eigenvalue weighted by molar-refractivity contribution is 5.39. The van der Waals surface area contributed by atoms with Crippen LogP contribution in [0.4, 0.5) is 0 Å². The fraction of sp³-hybridized carbons (Fsp3) is 0.214. The molecule has 0 heterocycles. The highest BCUT2D eigenvalue weighted by Crippen LogP contribution is 2.30. The molecule has 0 aliphatic heterocycles. The number of carbonyl (C=O) groups excluding carboxylic acids is 1.